The Balaban J connectivity index is 1.96. The van der Waals surface area contributed by atoms with Crippen molar-refractivity contribution < 1.29 is 14.7 Å². The zero-order valence-corrected chi connectivity index (χ0v) is 10.2. The average molecular weight is 247 g/mol. The van der Waals surface area contributed by atoms with Crippen molar-refractivity contribution in [1.82, 2.24) is 4.90 Å². The maximum atomic E-state index is 11.4. The predicted octanol–water partition coefficient (Wildman–Crippen LogP) is 2.33. The van der Waals surface area contributed by atoms with Crippen LogP contribution in [0.5, 0.6) is 0 Å². The molecule has 2 rings (SSSR count). The summed E-state index contributed by atoms with van der Waals surface area (Å²) < 4.78 is 0. The molecule has 1 amide bonds. The highest BCUT2D eigenvalue weighted by molar-refractivity contribution is 5.82. The molecule has 1 aromatic carbocycles. The molecule has 0 bridgehead atoms. The van der Waals surface area contributed by atoms with Crippen LogP contribution < -0.4 is 0 Å². The molecule has 0 saturated carbocycles. The molecule has 1 aliphatic heterocycles. The van der Waals surface area contributed by atoms with Crippen LogP contribution in [0.1, 0.15) is 24.8 Å². The van der Waals surface area contributed by atoms with E-state index < -0.39 is 6.09 Å². The van der Waals surface area contributed by atoms with Crippen molar-refractivity contribution in [1.29, 1.82) is 0 Å². The molecule has 1 saturated heterocycles. The summed E-state index contributed by atoms with van der Waals surface area (Å²) in [4.78, 5) is 23.9. The second-order valence-electron chi connectivity index (χ2n) is 4.65. The smallest absolute Gasteiger partial charge is 0.407 e. The fourth-order valence-corrected chi connectivity index (χ4v) is 2.39. The van der Waals surface area contributed by atoms with Crippen LogP contribution in [0.2, 0.25) is 0 Å². The standard InChI is InChI=1S/C14H17NO3/c16-13-8-9-15(14(17)18)12(10-13)7-6-11-4-2-1-3-5-11/h1-5,12H,6-10H2,(H,17,18)/t12-/m1/s1. The van der Waals surface area contributed by atoms with Crippen LogP contribution in [0.3, 0.4) is 0 Å². The van der Waals surface area contributed by atoms with Crippen LogP contribution >= 0.6 is 0 Å². The zero-order chi connectivity index (χ0) is 13.0. The molecule has 0 spiro atoms. The third-order valence-electron chi connectivity index (χ3n) is 3.39. The fourth-order valence-electron chi connectivity index (χ4n) is 2.39. The van der Waals surface area contributed by atoms with E-state index in [1.165, 1.54) is 10.5 Å². The molecule has 1 aliphatic rings. The molecule has 0 aromatic heterocycles. The lowest BCUT2D eigenvalue weighted by atomic mass is 9.95. The van der Waals surface area contributed by atoms with E-state index in [0.717, 1.165) is 6.42 Å². The number of aryl methyl sites for hydroxylation is 1. The van der Waals surface area contributed by atoms with Crippen molar-refractivity contribution in [2.45, 2.75) is 31.7 Å². The van der Waals surface area contributed by atoms with Crippen molar-refractivity contribution in [2.24, 2.45) is 0 Å². The Labute approximate surface area is 106 Å². The topological polar surface area (TPSA) is 57.6 Å². The minimum absolute atomic E-state index is 0.163. The van der Waals surface area contributed by atoms with Crippen LogP contribution in [0.4, 0.5) is 4.79 Å². The maximum Gasteiger partial charge on any atom is 0.407 e. The monoisotopic (exact) mass is 247 g/mol. The molecule has 0 unspecified atom stereocenters. The van der Waals surface area contributed by atoms with Gasteiger partial charge >= 0.3 is 6.09 Å². The van der Waals surface area contributed by atoms with Crippen LogP contribution in [0.15, 0.2) is 30.3 Å². The molecule has 4 nitrogen and oxygen atoms in total. The number of nitrogens with zero attached hydrogens (tertiary/aromatic N) is 1. The third-order valence-corrected chi connectivity index (χ3v) is 3.39. The van der Waals surface area contributed by atoms with Crippen molar-refractivity contribution in [3.8, 4) is 0 Å². The Bertz CT molecular complexity index is 430. The molecular formula is C14H17NO3. The van der Waals surface area contributed by atoms with Gasteiger partial charge in [-0.25, -0.2) is 4.79 Å². The molecule has 96 valence electrons. The molecule has 1 fully saturated rings. The molecule has 0 radical (unpaired) electrons. The van der Waals surface area contributed by atoms with Crippen molar-refractivity contribution in [3.05, 3.63) is 35.9 Å². The Morgan fingerprint density at radius 3 is 2.72 bits per heavy atom. The molecule has 1 atom stereocenters. The number of carboxylic acid groups (broad SMARTS) is 1. The summed E-state index contributed by atoms with van der Waals surface area (Å²) in [6, 6.07) is 9.78. The normalized spacial score (nSPS) is 19.9. The highest BCUT2D eigenvalue weighted by Crippen LogP contribution is 2.19. The number of Topliss-reactive ketones (excluding diaryl/α,β-unsaturated/α-hetero) is 1. The Morgan fingerprint density at radius 2 is 2.06 bits per heavy atom. The van der Waals surface area contributed by atoms with E-state index in [1.54, 1.807) is 0 Å². The molecule has 1 N–H and O–H groups in total. The van der Waals surface area contributed by atoms with Gasteiger partial charge in [0.15, 0.2) is 0 Å². The summed E-state index contributed by atoms with van der Waals surface area (Å²) in [5, 5.41) is 9.11. The van der Waals surface area contributed by atoms with Gasteiger partial charge in [0.25, 0.3) is 0 Å². The van der Waals surface area contributed by atoms with Gasteiger partial charge in [-0.2, -0.15) is 0 Å². The first-order valence-corrected chi connectivity index (χ1v) is 6.22. The summed E-state index contributed by atoms with van der Waals surface area (Å²) in [5.74, 6) is 0.172. The average Bonchev–Trinajstić information content (AvgIpc) is 2.37. The SMILES string of the molecule is O=C1CCN(C(=O)O)[C@H](CCc2ccccc2)C1. The van der Waals surface area contributed by atoms with Crippen LogP contribution in [0.25, 0.3) is 0 Å². The molecule has 18 heavy (non-hydrogen) atoms. The van der Waals surface area contributed by atoms with Crippen molar-refractivity contribution in [2.75, 3.05) is 6.54 Å². The van der Waals surface area contributed by atoms with Crippen LogP contribution in [-0.2, 0) is 11.2 Å². The van der Waals surface area contributed by atoms with E-state index in [0.29, 0.717) is 25.8 Å². The number of piperidine rings is 1. The summed E-state index contributed by atoms with van der Waals surface area (Å²) in [5.41, 5.74) is 1.18. The van der Waals surface area contributed by atoms with E-state index in [1.807, 2.05) is 30.3 Å². The van der Waals surface area contributed by atoms with Gasteiger partial charge in [0, 0.05) is 25.4 Å². The molecule has 1 heterocycles. The van der Waals surface area contributed by atoms with E-state index in [2.05, 4.69) is 0 Å². The quantitative estimate of drug-likeness (QED) is 0.891. The number of benzene rings is 1. The fraction of sp³-hybridized carbons (Fsp3) is 0.429. The zero-order valence-electron chi connectivity index (χ0n) is 10.2. The lowest BCUT2D eigenvalue weighted by molar-refractivity contribution is -0.122. The highest BCUT2D eigenvalue weighted by atomic mass is 16.4. The Hall–Kier alpha value is -1.84. The number of carbonyl (C=O) groups excluding carboxylic acids is 1. The minimum atomic E-state index is -0.916. The summed E-state index contributed by atoms with van der Waals surface area (Å²) in [7, 11) is 0. The Morgan fingerprint density at radius 1 is 1.33 bits per heavy atom. The van der Waals surface area contributed by atoms with Crippen molar-refractivity contribution >= 4 is 11.9 Å². The number of rotatable bonds is 3. The first-order valence-electron chi connectivity index (χ1n) is 6.22. The molecule has 0 aliphatic carbocycles. The number of carbonyl (C=O) groups is 2. The van der Waals surface area contributed by atoms with Crippen LogP contribution in [-0.4, -0.2) is 34.5 Å². The Kier molecular flexibility index (Phi) is 3.97. The van der Waals surface area contributed by atoms with E-state index in [4.69, 9.17) is 5.11 Å². The van der Waals surface area contributed by atoms with Gasteiger partial charge in [-0.15, -0.1) is 0 Å². The van der Waals surface area contributed by atoms with Crippen molar-refractivity contribution in [3.63, 3.8) is 0 Å². The lowest BCUT2D eigenvalue weighted by Gasteiger charge is -2.32. The second-order valence-corrected chi connectivity index (χ2v) is 4.65. The molecular weight excluding hydrogens is 230 g/mol. The first-order chi connectivity index (χ1) is 8.66. The van der Waals surface area contributed by atoms with Gasteiger partial charge in [0.05, 0.1) is 0 Å². The van der Waals surface area contributed by atoms with Crippen LogP contribution in [0, 0.1) is 0 Å². The lowest BCUT2D eigenvalue weighted by Crippen LogP contribution is -2.45. The number of amides is 1. The van der Waals surface area contributed by atoms with Gasteiger partial charge < -0.3 is 10.0 Å². The van der Waals surface area contributed by atoms with Gasteiger partial charge in [-0.05, 0) is 18.4 Å². The number of hydrogen-bond donors (Lipinski definition) is 1. The summed E-state index contributed by atoms with van der Waals surface area (Å²) >= 11 is 0. The summed E-state index contributed by atoms with van der Waals surface area (Å²) in [6.45, 7) is 0.341. The highest BCUT2D eigenvalue weighted by Gasteiger charge is 2.29. The van der Waals surface area contributed by atoms with E-state index in [9.17, 15) is 9.59 Å². The number of likely N-dealkylation sites (tertiary alicyclic amines) is 1. The largest absolute Gasteiger partial charge is 0.465 e. The molecule has 4 heteroatoms. The minimum Gasteiger partial charge on any atom is -0.465 e. The van der Waals surface area contributed by atoms with Gasteiger partial charge in [-0.1, -0.05) is 30.3 Å². The van der Waals surface area contributed by atoms with Gasteiger partial charge in [-0.3, -0.25) is 4.79 Å². The maximum absolute atomic E-state index is 11.4. The van der Waals surface area contributed by atoms with Gasteiger partial charge in [0.1, 0.15) is 5.78 Å². The number of ketones is 1. The van der Waals surface area contributed by atoms with E-state index >= 15 is 0 Å². The third kappa shape index (κ3) is 3.09. The summed E-state index contributed by atoms with van der Waals surface area (Å²) in [6.07, 6.45) is 1.32. The predicted molar refractivity (Wildman–Crippen MR) is 67.5 cm³/mol. The molecule has 1 aromatic rings. The first kappa shape index (κ1) is 12.6. The van der Waals surface area contributed by atoms with Gasteiger partial charge in [0.2, 0.25) is 0 Å². The second kappa shape index (κ2) is 5.67. The number of hydrogen-bond acceptors (Lipinski definition) is 2. The van der Waals surface area contributed by atoms with E-state index in [-0.39, 0.29) is 11.8 Å².